The second kappa shape index (κ2) is 4.15. The summed E-state index contributed by atoms with van der Waals surface area (Å²) in [4.78, 5) is 10.6. The fraction of sp³-hybridized carbons (Fsp3) is 0.556. The number of alkyl halides is 3. The van der Waals surface area contributed by atoms with Gasteiger partial charge in [-0.15, -0.1) is 0 Å². The van der Waals surface area contributed by atoms with Gasteiger partial charge in [-0.05, 0) is 13.0 Å². The predicted octanol–water partition coefficient (Wildman–Crippen LogP) is 1.93. The highest BCUT2D eigenvalue weighted by Gasteiger charge is 2.34. The topological polar surface area (TPSA) is 55.1 Å². The molecule has 1 N–H and O–H groups in total. The van der Waals surface area contributed by atoms with Crippen LogP contribution in [-0.2, 0) is 17.5 Å². The molecule has 1 heterocycles. The molecule has 90 valence electrons. The van der Waals surface area contributed by atoms with E-state index in [0.717, 1.165) is 10.7 Å². The van der Waals surface area contributed by atoms with Gasteiger partial charge in [0.05, 0.1) is 12.5 Å². The van der Waals surface area contributed by atoms with Gasteiger partial charge in [0, 0.05) is 5.69 Å². The first-order chi connectivity index (χ1) is 7.21. The largest absolute Gasteiger partial charge is 0.481 e. The molecular weight excluding hydrogens is 225 g/mol. The van der Waals surface area contributed by atoms with Gasteiger partial charge in [-0.25, -0.2) is 0 Å². The van der Waals surface area contributed by atoms with Crippen LogP contribution in [0.1, 0.15) is 18.3 Å². The Balaban J connectivity index is 2.91. The Morgan fingerprint density at radius 1 is 1.62 bits per heavy atom. The maximum Gasteiger partial charge on any atom is 0.435 e. The van der Waals surface area contributed by atoms with Crippen LogP contribution in [0.25, 0.3) is 0 Å². The number of aryl methyl sites for hydroxylation is 1. The maximum atomic E-state index is 12.3. The van der Waals surface area contributed by atoms with E-state index in [4.69, 9.17) is 5.11 Å². The van der Waals surface area contributed by atoms with E-state index in [-0.39, 0.29) is 6.54 Å². The third kappa shape index (κ3) is 2.74. The summed E-state index contributed by atoms with van der Waals surface area (Å²) in [6.07, 6.45) is -4.50. The van der Waals surface area contributed by atoms with Crippen LogP contribution in [0.15, 0.2) is 6.07 Å². The SMILES string of the molecule is Cc1cc(C(F)(F)F)nn1C[C@@H](C)C(=O)O. The fourth-order valence-electron chi connectivity index (χ4n) is 1.17. The lowest BCUT2D eigenvalue weighted by Crippen LogP contribution is -2.19. The van der Waals surface area contributed by atoms with Crippen LogP contribution < -0.4 is 0 Å². The zero-order chi connectivity index (χ0) is 12.5. The van der Waals surface area contributed by atoms with E-state index < -0.39 is 23.8 Å². The summed E-state index contributed by atoms with van der Waals surface area (Å²) >= 11 is 0. The van der Waals surface area contributed by atoms with Crippen molar-refractivity contribution < 1.29 is 23.1 Å². The number of aliphatic carboxylic acids is 1. The lowest BCUT2D eigenvalue weighted by atomic mass is 10.2. The number of hydrogen-bond donors (Lipinski definition) is 1. The molecule has 4 nitrogen and oxygen atoms in total. The number of rotatable bonds is 3. The molecule has 0 saturated heterocycles. The summed E-state index contributed by atoms with van der Waals surface area (Å²) in [6, 6.07) is 0.897. The summed E-state index contributed by atoms with van der Waals surface area (Å²) in [6.45, 7) is 2.80. The van der Waals surface area contributed by atoms with Gasteiger partial charge in [0.25, 0.3) is 0 Å². The van der Waals surface area contributed by atoms with E-state index in [2.05, 4.69) is 5.10 Å². The monoisotopic (exact) mass is 236 g/mol. The summed E-state index contributed by atoms with van der Waals surface area (Å²) in [7, 11) is 0. The summed E-state index contributed by atoms with van der Waals surface area (Å²) < 4.78 is 37.9. The Morgan fingerprint density at radius 3 is 2.56 bits per heavy atom. The van der Waals surface area contributed by atoms with Gasteiger partial charge in [-0.2, -0.15) is 18.3 Å². The lowest BCUT2D eigenvalue weighted by Gasteiger charge is -2.08. The highest BCUT2D eigenvalue weighted by molar-refractivity contribution is 5.69. The van der Waals surface area contributed by atoms with Crippen LogP contribution in [0.4, 0.5) is 13.2 Å². The number of aromatic nitrogens is 2. The average Bonchev–Trinajstić information content (AvgIpc) is 2.47. The highest BCUT2D eigenvalue weighted by Crippen LogP contribution is 2.28. The van der Waals surface area contributed by atoms with Crippen molar-refractivity contribution >= 4 is 5.97 Å². The van der Waals surface area contributed by atoms with Crippen molar-refractivity contribution in [2.45, 2.75) is 26.6 Å². The fourth-order valence-corrected chi connectivity index (χ4v) is 1.17. The average molecular weight is 236 g/mol. The van der Waals surface area contributed by atoms with Crippen molar-refractivity contribution in [1.29, 1.82) is 0 Å². The van der Waals surface area contributed by atoms with Crippen molar-refractivity contribution in [2.24, 2.45) is 5.92 Å². The Labute approximate surface area is 89.7 Å². The minimum atomic E-state index is -4.50. The normalized spacial score (nSPS) is 13.8. The molecule has 1 aromatic rings. The first-order valence-electron chi connectivity index (χ1n) is 4.56. The quantitative estimate of drug-likeness (QED) is 0.872. The molecule has 1 aromatic heterocycles. The van der Waals surface area contributed by atoms with Gasteiger partial charge >= 0.3 is 12.1 Å². The van der Waals surface area contributed by atoms with E-state index in [1.54, 1.807) is 0 Å². The van der Waals surface area contributed by atoms with Gasteiger partial charge in [0.15, 0.2) is 5.69 Å². The zero-order valence-electron chi connectivity index (χ0n) is 8.75. The Bertz CT molecular complexity index is 398. The molecule has 0 aliphatic carbocycles. The van der Waals surface area contributed by atoms with Gasteiger partial charge < -0.3 is 5.11 Å². The third-order valence-electron chi connectivity index (χ3n) is 2.14. The van der Waals surface area contributed by atoms with Crippen LogP contribution in [0.5, 0.6) is 0 Å². The van der Waals surface area contributed by atoms with E-state index in [1.165, 1.54) is 13.8 Å². The van der Waals surface area contributed by atoms with Crippen molar-refractivity contribution in [2.75, 3.05) is 0 Å². The van der Waals surface area contributed by atoms with Gasteiger partial charge in [-0.1, -0.05) is 6.92 Å². The highest BCUT2D eigenvalue weighted by atomic mass is 19.4. The number of nitrogens with zero attached hydrogens (tertiary/aromatic N) is 2. The van der Waals surface area contributed by atoms with E-state index in [9.17, 15) is 18.0 Å². The van der Waals surface area contributed by atoms with Crippen molar-refractivity contribution in [3.05, 3.63) is 17.5 Å². The van der Waals surface area contributed by atoms with Gasteiger partial charge in [0.2, 0.25) is 0 Å². The zero-order valence-corrected chi connectivity index (χ0v) is 8.75. The van der Waals surface area contributed by atoms with Crippen LogP contribution in [0, 0.1) is 12.8 Å². The summed E-state index contributed by atoms with van der Waals surface area (Å²) in [5.74, 6) is -1.84. The molecule has 7 heteroatoms. The lowest BCUT2D eigenvalue weighted by molar-refractivity contribution is -0.141. The number of halogens is 3. The number of carbonyl (C=O) groups is 1. The molecule has 0 saturated carbocycles. The van der Waals surface area contributed by atoms with E-state index >= 15 is 0 Å². The minimum Gasteiger partial charge on any atom is -0.481 e. The van der Waals surface area contributed by atoms with Crippen LogP contribution in [-0.4, -0.2) is 20.9 Å². The predicted molar refractivity (Wildman–Crippen MR) is 48.8 cm³/mol. The van der Waals surface area contributed by atoms with Crippen LogP contribution in [0.2, 0.25) is 0 Å². The molecule has 0 aromatic carbocycles. The Hall–Kier alpha value is -1.53. The molecule has 0 aliphatic rings. The van der Waals surface area contributed by atoms with Crippen molar-refractivity contribution in [3.8, 4) is 0 Å². The molecule has 1 atom stereocenters. The molecule has 0 aliphatic heterocycles. The first kappa shape index (κ1) is 12.5. The molecule has 0 fully saturated rings. The maximum absolute atomic E-state index is 12.3. The number of carboxylic acids is 1. The number of carboxylic acid groups (broad SMARTS) is 1. The molecule has 0 spiro atoms. The second-order valence-electron chi connectivity index (χ2n) is 3.59. The Morgan fingerprint density at radius 2 is 2.19 bits per heavy atom. The van der Waals surface area contributed by atoms with E-state index in [0.29, 0.717) is 5.69 Å². The molecule has 0 unspecified atom stereocenters. The minimum absolute atomic E-state index is 0.0722. The molecule has 0 bridgehead atoms. The summed E-state index contributed by atoms with van der Waals surface area (Å²) in [5, 5.41) is 12.0. The van der Waals surface area contributed by atoms with E-state index in [1.807, 2.05) is 0 Å². The molecule has 16 heavy (non-hydrogen) atoms. The second-order valence-corrected chi connectivity index (χ2v) is 3.59. The molecule has 0 amide bonds. The number of hydrogen-bond acceptors (Lipinski definition) is 2. The Kier molecular flexibility index (Phi) is 3.25. The first-order valence-corrected chi connectivity index (χ1v) is 4.56. The molecule has 1 rings (SSSR count). The standard InChI is InChI=1S/C9H11F3N2O2/c1-5(8(15)16)4-14-6(2)3-7(13-14)9(10,11)12/h3,5H,4H2,1-2H3,(H,15,16)/t5-/m1/s1. The summed E-state index contributed by atoms with van der Waals surface area (Å²) in [5.41, 5.74) is -0.706. The van der Waals surface area contributed by atoms with Gasteiger partial charge in [0.1, 0.15) is 0 Å². The van der Waals surface area contributed by atoms with Crippen molar-refractivity contribution in [1.82, 2.24) is 9.78 Å². The van der Waals surface area contributed by atoms with Gasteiger partial charge in [-0.3, -0.25) is 9.48 Å². The van der Waals surface area contributed by atoms with Crippen LogP contribution >= 0.6 is 0 Å². The van der Waals surface area contributed by atoms with Crippen molar-refractivity contribution in [3.63, 3.8) is 0 Å². The smallest absolute Gasteiger partial charge is 0.435 e. The molecule has 0 radical (unpaired) electrons. The third-order valence-corrected chi connectivity index (χ3v) is 2.14. The molecular formula is C9H11F3N2O2. The van der Waals surface area contributed by atoms with Crippen LogP contribution in [0.3, 0.4) is 0 Å².